The van der Waals surface area contributed by atoms with Crippen molar-refractivity contribution in [3.63, 3.8) is 0 Å². The van der Waals surface area contributed by atoms with Crippen LogP contribution in [0.25, 0.3) is 0 Å². The van der Waals surface area contributed by atoms with Gasteiger partial charge in [-0.15, -0.1) is 16.6 Å². The first-order chi connectivity index (χ1) is 28.6. The molecule has 21 heteroatoms. The van der Waals surface area contributed by atoms with Crippen LogP contribution >= 0.6 is 0 Å². The summed E-state index contributed by atoms with van der Waals surface area (Å²) < 4.78 is 19.7. The van der Waals surface area contributed by atoms with Crippen LogP contribution in [0, 0.1) is 24.2 Å². The number of aliphatic hydroxyl groups excluding tert-OH is 2. The van der Waals surface area contributed by atoms with Gasteiger partial charge in [0, 0.05) is 97.4 Å². The van der Waals surface area contributed by atoms with Gasteiger partial charge in [0.15, 0.2) is 0 Å². The Morgan fingerprint density at radius 2 is 1.14 bits per heavy atom. The zero-order valence-corrected chi connectivity index (χ0v) is 34.7. The molecule has 2 atom stereocenters. The Bertz CT molecular complexity index is 1680. The molecule has 0 radical (unpaired) electrons. The molecule has 0 spiro atoms. The predicted octanol–water partition coefficient (Wildman–Crippen LogP) is -0.689. The van der Waals surface area contributed by atoms with Crippen molar-refractivity contribution in [1.29, 1.82) is 0 Å². The number of nitrogens with zero attached hydrogens (tertiary/aromatic N) is 13. The fourth-order valence-electron chi connectivity index (χ4n) is 6.91. The molecule has 2 unspecified atom stereocenters. The molecule has 3 N–H and O–H groups in total. The summed E-state index contributed by atoms with van der Waals surface area (Å²) in [5.41, 5.74) is 1.27. The van der Waals surface area contributed by atoms with Crippen molar-refractivity contribution in [2.75, 3.05) is 127 Å². The molecule has 21 nitrogen and oxygen atoms in total. The standard InChI is InChI=1S/C38H60N14O7/c1-6-20-57-22-24-59-25-23-58-21-9-39-36-40-37(49-14-10-47(11-15-49)34(55)32(28(2)3)51-26-30(7-18-53)43-45-51)42-38(41-36)50-16-12-48(13-17-50)35(56)33(29(4)5)52-27-31(8-19-54)44-46-52/h1,26-29,32-33,53-54H,7-25H2,2-5H3,(H,39,40,41,42). The van der Waals surface area contributed by atoms with Crippen LogP contribution in [0.5, 0.6) is 0 Å². The second kappa shape index (κ2) is 23.0. The number of anilines is 3. The van der Waals surface area contributed by atoms with E-state index in [1.807, 2.05) is 37.5 Å². The monoisotopic (exact) mass is 824 g/mol. The smallest absolute Gasteiger partial charge is 0.247 e. The average molecular weight is 825 g/mol. The van der Waals surface area contributed by atoms with Crippen molar-refractivity contribution in [3.05, 3.63) is 23.8 Å². The van der Waals surface area contributed by atoms with E-state index in [-0.39, 0.29) is 43.5 Å². The largest absolute Gasteiger partial charge is 0.396 e. The third-order valence-corrected chi connectivity index (χ3v) is 10.0. The van der Waals surface area contributed by atoms with Crippen LogP contribution in [-0.4, -0.2) is 189 Å². The van der Waals surface area contributed by atoms with Gasteiger partial charge in [-0.25, -0.2) is 9.36 Å². The van der Waals surface area contributed by atoms with Crippen molar-refractivity contribution in [1.82, 2.24) is 54.7 Å². The summed E-state index contributed by atoms with van der Waals surface area (Å²) in [5.74, 6) is 3.64. The number of terminal acetylenes is 1. The third kappa shape index (κ3) is 12.7. The lowest BCUT2D eigenvalue weighted by Gasteiger charge is -2.38. The van der Waals surface area contributed by atoms with Crippen LogP contribution < -0.4 is 15.1 Å². The topological polar surface area (TPSA) is 227 Å². The van der Waals surface area contributed by atoms with Crippen LogP contribution in [0.2, 0.25) is 0 Å². The van der Waals surface area contributed by atoms with Crippen molar-refractivity contribution in [2.24, 2.45) is 11.8 Å². The van der Waals surface area contributed by atoms with Gasteiger partial charge in [-0.3, -0.25) is 9.59 Å². The summed E-state index contributed by atoms with van der Waals surface area (Å²) in [7, 11) is 0. The molecule has 5 rings (SSSR count). The van der Waals surface area contributed by atoms with E-state index in [1.54, 1.807) is 21.8 Å². The first-order valence-corrected chi connectivity index (χ1v) is 20.4. The van der Waals surface area contributed by atoms with Crippen LogP contribution in [0.3, 0.4) is 0 Å². The number of nitrogens with one attached hydrogen (secondary N) is 1. The highest BCUT2D eigenvalue weighted by molar-refractivity contribution is 5.81. The van der Waals surface area contributed by atoms with Gasteiger partial charge in [0.25, 0.3) is 0 Å². The van der Waals surface area contributed by atoms with E-state index in [0.29, 0.717) is 134 Å². The molecule has 0 saturated carbocycles. The highest BCUT2D eigenvalue weighted by atomic mass is 16.5. The normalized spacial score (nSPS) is 15.8. The lowest BCUT2D eigenvalue weighted by molar-refractivity contribution is -0.137. The van der Waals surface area contributed by atoms with E-state index >= 15 is 0 Å². The maximum atomic E-state index is 13.8. The highest BCUT2D eigenvalue weighted by Crippen LogP contribution is 2.25. The van der Waals surface area contributed by atoms with Gasteiger partial charge in [-0.2, -0.15) is 15.0 Å². The van der Waals surface area contributed by atoms with E-state index < -0.39 is 12.1 Å². The van der Waals surface area contributed by atoms with Gasteiger partial charge in [0.2, 0.25) is 29.7 Å². The molecule has 0 aromatic carbocycles. The number of hydrogen-bond acceptors (Lipinski definition) is 17. The lowest BCUT2D eigenvalue weighted by atomic mass is 10.0. The molecule has 3 aromatic rings. The first-order valence-electron chi connectivity index (χ1n) is 20.4. The summed E-state index contributed by atoms with van der Waals surface area (Å²) in [4.78, 5) is 50.0. The van der Waals surface area contributed by atoms with Gasteiger partial charge in [0.05, 0.1) is 44.4 Å². The number of rotatable bonds is 23. The molecule has 324 valence electrons. The van der Waals surface area contributed by atoms with Crippen LogP contribution in [0.15, 0.2) is 12.4 Å². The van der Waals surface area contributed by atoms with Crippen molar-refractivity contribution in [2.45, 2.75) is 52.6 Å². The van der Waals surface area contributed by atoms with Crippen molar-refractivity contribution < 1.29 is 34.0 Å². The number of carbonyl (C=O) groups excluding carboxylic acids is 2. The van der Waals surface area contributed by atoms with Crippen molar-refractivity contribution in [3.8, 4) is 12.3 Å². The molecular formula is C38H60N14O7. The third-order valence-electron chi connectivity index (χ3n) is 10.0. The quantitative estimate of drug-likeness (QED) is 0.0795. The van der Waals surface area contributed by atoms with Gasteiger partial charge in [0.1, 0.15) is 18.7 Å². The maximum Gasteiger partial charge on any atom is 0.247 e. The lowest BCUT2D eigenvalue weighted by Crippen LogP contribution is -2.52. The molecule has 3 aromatic heterocycles. The Labute approximate surface area is 345 Å². The minimum atomic E-state index is -0.524. The Hall–Kier alpha value is -5.01. The molecule has 0 aliphatic carbocycles. The van der Waals surface area contributed by atoms with Gasteiger partial charge in [-0.1, -0.05) is 44.0 Å². The van der Waals surface area contributed by atoms with Gasteiger partial charge < -0.3 is 49.3 Å². The Morgan fingerprint density at radius 3 is 1.56 bits per heavy atom. The molecule has 2 aliphatic heterocycles. The second-order valence-electron chi connectivity index (χ2n) is 15.0. The van der Waals surface area contributed by atoms with Gasteiger partial charge in [-0.05, 0) is 11.8 Å². The number of carbonyl (C=O) groups is 2. The van der Waals surface area contributed by atoms with E-state index in [0.717, 1.165) is 0 Å². The highest BCUT2D eigenvalue weighted by Gasteiger charge is 2.34. The molecule has 2 amide bonds. The first kappa shape index (κ1) is 45.1. The van der Waals surface area contributed by atoms with E-state index in [1.165, 1.54) is 0 Å². The number of amides is 2. The molecule has 2 aliphatic rings. The Morgan fingerprint density at radius 1 is 0.695 bits per heavy atom. The molecule has 59 heavy (non-hydrogen) atoms. The Balaban J connectivity index is 1.23. The van der Waals surface area contributed by atoms with Crippen LogP contribution in [0.4, 0.5) is 17.8 Å². The maximum absolute atomic E-state index is 13.8. The van der Waals surface area contributed by atoms with Crippen LogP contribution in [0.1, 0.15) is 51.2 Å². The number of piperazine rings is 2. The summed E-state index contributed by atoms with van der Waals surface area (Å²) in [6.07, 6.45) is 9.40. The van der Waals surface area contributed by atoms with E-state index in [2.05, 4.69) is 41.7 Å². The van der Waals surface area contributed by atoms with E-state index in [9.17, 15) is 19.8 Å². The SMILES string of the molecule is C#CCOCCOCCOCCNc1nc(N2CCN(C(=O)C(C(C)C)n3cc(CCO)nn3)CC2)nc(N2CCN(C(=O)C(C(C)C)n3cc(CCO)nn3)CC2)n1. The minimum Gasteiger partial charge on any atom is -0.396 e. The summed E-state index contributed by atoms with van der Waals surface area (Å²) in [6.45, 7) is 14.5. The summed E-state index contributed by atoms with van der Waals surface area (Å²) in [6, 6.07) is -1.05. The number of aromatic nitrogens is 9. The number of aliphatic hydroxyl groups is 2. The zero-order chi connectivity index (χ0) is 42.1. The molecule has 5 heterocycles. The molecule has 0 bridgehead atoms. The summed E-state index contributed by atoms with van der Waals surface area (Å²) >= 11 is 0. The number of hydrogen-bond donors (Lipinski definition) is 3. The molecular weight excluding hydrogens is 765 g/mol. The molecule has 2 fully saturated rings. The van der Waals surface area contributed by atoms with Crippen LogP contribution in [-0.2, 0) is 36.6 Å². The second-order valence-corrected chi connectivity index (χ2v) is 15.0. The minimum absolute atomic E-state index is 0.0291. The fraction of sp³-hybridized carbons (Fsp3) is 0.711. The zero-order valence-electron chi connectivity index (χ0n) is 34.7. The van der Waals surface area contributed by atoms with Crippen molar-refractivity contribution >= 4 is 29.7 Å². The van der Waals surface area contributed by atoms with Gasteiger partial charge >= 0.3 is 0 Å². The van der Waals surface area contributed by atoms with E-state index in [4.69, 9.17) is 35.6 Å². The Kier molecular flexibility index (Phi) is 17.5. The average Bonchev–Trinajstić information content (AvgIpc) is 3.89. The number of ether oxygens (including phenoxy) is 3. The molecule has 2 saturated heterocycles. The summed E-state index contributed by atoms with van der Waals surface area (Å²) in [5, 5.41) is 38.6. The fourth-order valence-corrected chi connectivity index (χ4v) is 6.91. The predicted molar refractivity (Wildman–Crippen MR) is 217 cm³/mol.